The van der Waals surface area contributed by atoms with Crippen molar-refractivity contribution < 1.29 is 13.9 Å². The van der Waals surface area contributed by atoms with Gasteiger partial charge in [-0.1, -0.05) is 0 Å². The monoisotopic (exact) mass is 333 g/mol. The minimum absolute atomic E-state index is 0.124. The van der Waals surface area contributed by atoms with Gasteiger partial charge in [-0.3, -0.25) is 0 Å². The third-order valence-corrected chi connectivity index (χ3v) is 3.42. The minimum Gasteiger partial charge on any atom is -0.495 e. The number of halogens is 2. The SMILES string of the molecule is COc1ccc(C(F)CNC(C)(C)C)c(OC)c1Br. The first-order valence-corrected chi connectivity index (χ1v) is 6.89. The normalized spacial score (nSPS) is 13.2. The van der Waals surface area contributed by atoms with Gasteiger partial charge in [0.05, 0.1) is 14.2 Å². The van der Waals surface area contributed by atoms with Crippen LogP contribution in [0.2, 0.25) is 0 Å². The molecule has 5 heteroatoms. The summed E-state index contributed by atoms with van der Waals surface area (Å²) in [6, 6.07) is 3.42. The first kappa shape index (κ1) is 16.2. The molecule has 108 valence electrons. The lowest BCUT2D eigenvalue weighted by atomic mass is 10.1. The summed E-state index contributed by atoms with van der Waals surface area (Å²) < 4.78 is 25.4. The smallest absolute Gasteiger partial charge is 0.142 e. The lowest BCUT2D eigenvalue weighted by Crippen LogP contribution is -2.37. The molecule has 0 spiro atoms. The van der Waals surface area contributed by atoms with Crippen molar-refractivity contribution in [3.63, 3.8) is 0 Å². The van der Waals surface area contributed by atoms with Crippen molar-refractivity contribution in [3.8, 4) is 11.5 Å². The number of ether oxygens (including phenoxy) is 2. The van der Waals surface area contributed by atoms with Gasteiger partial charge in [-0.05, 0) is 48.8 Å². The molecule has 1 unspecified atom stereocenters. The number of rotatable bonds is 5. The van der Waals surface area contributed by atoms with Gasteiger partial charge in [0.15, 0.2) is 0 Å². The third kappa shape index (κ3) is 4.35. The van der Waals surface area contributed by atoms with Gasteiger partial charge < -0.3 is 14.8 Å². The molecular formula is C14H21BrFNO2. The average Bonchev–Trinajstić information content (AvgIpc) is 2.34. The molecule has 1 aromatic carbocycles. The standard InChI is InChI=1S/C14H21BrFNO2/c1-14(2,3)17-8-10(16)9-6-7-11(18-4)12(15)13(9)19-5/h6-7,10,17H,8H2,1-5H3. The molecule has 3 nitrogen and oxygen atoms in total. The Bertz CT molecular complexity index is 432. The number of benzene rings is 1. The van der Waals surface area contributed by atoms with Crippen molar-refractivity contribution in [2.45, 2.75) is 32.5 Å². The Morgan fingerprint density at radius 3 is 2.37 bits per heavy atom. The molecule has 0 aliphatic heterocycles. The van der Waals surface area contributed by atoms with Crippen LogP contribution < -0.4 is 14.8 Å². The largest absolute Gasteiger partial charge is 0.495 e. The van der Waals surface area contributed by atoms with Gasteiger partial charge in [-0.15, -0.1) is 0 Å². The van der Waals surface area contributed by atoms with E-state index in [-0.39, 0.29) is 12.1 Å². The van der Waals surface area contributed by atoms with Crippen LogP contribution >= 0.6 is 15.9 Å². The molecule has 0 heterocycles. The molecule has 0 radical (unpaired) electrons. The lowest BCUT2D eigenvalue weighted by Gasteiger charge is -2.23. The summed E-state index contributed by atoms with van der Waals surface area (Å²) in [5.41, 5.74) is 0.383. The number of alkyl halides is 1. The molecule has 0 bridgehead atoms. The summed E-state index contributed by atoms with van der Waals surface area (Å²) in [4.78, 5) is 0. The van der Waals surface area contributed by atoms with Crippen molar-refractivity contribution in [1.29, 1.82) is 0 Å². The van der Waals surface area contributed by atoms with Crippen LogP contribution in [-0.2, 0) is 0 Å². The van der Waals surface area contributed by atoms with Crippen LogP contribution in [0.5, 0.6) is 11.5 Å². The summed E-state index contributed by atoms with van der Waals surface area (Å²) in [5.74, 6) is 1.10. The van der Waals surface area contributed by atoms with Gasteiger partial charge in [-0.25, -0.2) is 4.39 Å². The van der Waals surface area contributed by atoms with Gasteiger partial charge in [0.25, 0.3) is 0 Å². The predicted molar refractivity (Wildman–Crippen MR) is 78.9 cm³/mol. The van der Waals surface area contributed by atoms with Crippen LogP contribution in [0.1, 0.15) is 32.5 Å². The molecule has 0 saturated heterocycles. The van der Waals surface area contributed by atoms with Crippen molar-refractivity contribution >= 4 is 15.9 Å². The highest BCUT2D eigenvalue weighted by Crippen LogP contribution is 2.40. The number of nitrogens with one attached hydrogen (secondary N) is 1. The van der Waals surface area contributed by atoms with E-state index >= 15 is 0 Å². The zero-order chi connectivity index (χ0) is 14.6. The maximum atomic E-state index is 14.3. The fourth-order valence-corrected chi connectivity index (χ4v) is 2.36. The minimum atomic E-state index is -1.14. The van der Waals surface area contributed by atoms with Crippen LogP contribution in [0, 0.1) is 0 Å². The highest BCUT2D eigenvalue weighted by atomic mass is 79.9. The van der Waals surface area contributed by atoms with E-state index in [1.165, 1.54) is 7.11 Å². The molecular weight excluding hydrogens is 313 g/mol. The van der Waals surface area contributed by atoms with E-state index in [0.29, 0.717) is 21.5 Å². The zero-order valence-corrected chi connectivity index (χ0v) is 13.6. The average molecular weight is 334 g/mol. The Hall–Kier alpha value is -0.810. The molecule has 0 amide bonds. The topological polar surface area (TPSA) is 30.5 Å². The van der Waals surface area contributed by atoms with Gasteiger partial charge in [0.2, 0.25) is 0 Å². The quantitative estimate of drug-likeness (QED) is 0.887. The van der Waals surface area contributed by atoms with Crippen molar-refractivity contribution in [2.24, 2.45) is 0 Å². The molecule has 0 saturated carbocycles. The first-order chi connectivity index (χ1) is 8.80. The van der Waals surface area contributed by atoms with Crippen LogP contribution in [0.3, 0.4) is 0 Å². The van der Waals surface area contributed by atoms with Crippen molar-refractivity contribution in [3.05, 3.63) is 22.2 Å². The van der Waals surface area contributed by atoms with E-state index in [1.807, 2.05) is 20.8 Å². The molecule has 0 aromatic heterocycles. The van der Waals surface area contributed by atoms with Crippen LogP contribution in [0.15, 0.2) is 16.6 Å². The summed E-state index contributed by atoms with van der Waals surface area (Å²) >= 11 is 3.37. The third-order valence-electron chi connectivity index (χ3n) is 2.67. The predicted octanol–water partition coefficient (Wildman–Crippen LogP) is 3.87. The second-order valence-corrected chi connectivity index (χ2v) is 6.10. The summed E-state index contributed by atoms with van der Waals surface area (Å²) in [6.45, 7) is 6.24. The highest BCUT2D eigenvalue weighted by Gasteiger charge is 2.21. The fourth-order valence-electron chi connectivity index (χ4n) is 1.67. The summed E-state index contributed by atoms with van der Waals surface area (Å²) in [7, 11) is 3.08. The van der Waals surface area contributed by atoms with Gasteiger partial charge in [-0.2, -0.15) is 0 Å². The Kier molecular flexibility index (Phi) is 5.62. The van der Waals surface area contributed by atoms with E-state index in [2.05, 4.69) is 21.2 Å². The van der Waals surface area contributed by atoms with Gasteiger partial charge in [0, 0.05) is 17.6 Å². The Morgan fingerprint density at radius 1 is 1.26 bits per heavy atom. The maximum Gasteiger partial charge on any atom is 0.142 e. The molecule has 0 fully saturated rings. The van der Waals surface area contributed by atoms with Crippen LogP contribution in [-0.4, -0.2) is 26.3 Å². The zero-order valence-electron chi connectivity index (χ0n) is 12.0. The molecule has 0 aliphatic carbocycles. The lowest BCUT2D eigenvalue weighted by molar-refractivity contribution is 0.281. The van der Waals surface area contributed by atoms with Gasteiger partial charge in [0.1, 0.15) is 22.1 Å². The fraction of sp³-hybridized carbons (Fsp3) is 0.571. The summed E-state index contributed by atoms with van der Waals surface area (Å²) in [5, 5.41) is 3.14. The van der Waals surface area contributed by atoms with E-state index < -0.39 is 6.17 Å². The Morgan fingerprint density at radius 2 is 1.89 bits per heavy atom. The Labute approximate surface area is 122 Å². The molecule has 1 rings (SSSR count). The van der Waals surface area contributed by atoms with E-state index in [9.17, 15) is 4.39 Å². The molecule has 0 aliphatic rings. The number of hydrogen-bond donors (Lipinski definition) is 1. The van der Waals surface area contributed by atoms with Crippen molar-refractivity contribution in [2.75, 3.05) is 20.8 Å². The second kappa shape index (κ2) is 6.57. The van der Waals surface area contributed by atoms with Crippen molar-refractivity contribution in [1.82, 2.24) is 5.32 Å². The molecule has 19 heavy (non-hydrogen) atoms. The van der Waals surface area contributed by atoms with E-state index in [1.54, 1.807) is 19.2 Å². The summed E-state index contributed by atoms with van der Waals surface area (Å²) in [6.07, 6.45) is -1.14. The number of methoxy groups -OCH3 is 2. The van der Waals surface area contributed by atoms with E-state index in [4.69, 9.17) is 9.47 Å². The Balaban J connectivity index is 2.97. The molecule has 1 N–H and O–H groups in total. The van der Waals surface area contributed by atoms with E-state index in [0.717, 1.165) is 0 Å². The van der Waals surface area contributed by atoms with Crippen LogP contribution in [0.25, 0.3) is 0 Å². The second-order valence-electron chi connectivity index (χ2n) is 5.30. The molecule has 1 aromatic rings. The highest BCUT2D eigenvalue weighted by molar-refractivity contribution is 9.10. The number of hydrogen-bond acceptors (Lipinski definition) is 3. The molecule has 1 atom stereocenters. The first-order valence-electron chi connectivity index (χ1n) is 6.09. The van der Waals surface area contributed by atoms with Gasteiger partial charge >= 0.3 is 0 Å². The maximum absolute atomic E-state index is 14.3. The van der Waals surface area contributed by atoms with Crippen LogP contribution in [0.4, 0.5) is 4.39 Å².